The molecule has 0 saturated carbocycles. The van der Waals surface area contributed by atoms with Gasteiger partial charge in [0.15, 0.2) is 6.29 Å². The van der Waals surface area contributed by atoms with Gasteiger partial charge in [-0.1, -0.05) is 6.07 Å². The SMILES string of the molecule is CNC(=O)C(CCC=O)NC(=O)c1cccc(Nc2ccc(OCCN3CCOCC3)cc2OC)c1C=O. The fourth-order valence-corrected chi connectivity index (χ4v) is 4.04. The van der Waals surface area contributed by atoms with Gasteiger partial charge in [0.05, 0.1) is 37.1 Å². The molecule has 0 aromatic heterocycles. The number of morpholine rings is 1. The molecule has 1 aliphatic heterocycles. The molecule has 204 valence electrons. The summed E-state index contributed by atoms with van der Waals surface area (Å²) in [5.74, 6) is 0.0967. The summed E-state index contributed by atoms with van der Waals surface area (Å²) in [6.45, 7) is 4.54. The van der Waals surface area contributed by atoms with Gasteiger partial charge in [0.25, 0.3) is 5.91 Å². The summed E-state index contributed by atoms with van der Waals surface area (Å²) in [5.41, 5.74) is 1.16. The topological polar surface area (TPSA) is 135 Å². The molecule has 1 aliphatic rings. The van der Waals surface area contributed by atoms with Gasteiger partial charge in [-0.25, -0.2) is 0 Å². The summed E-state index contributed by atoms with van der Waals surface area (Å²) in [5, 5.41) is 8.23. The summed E-state index contributed by atoms with van der Waals surface area (Å²) in [6.07, 6.45) is 1.50. The number of likely N-dealkylation sites (N-methyl/N-ethyl adjacent to an activating group) is 1. The number of benzene rings is 2. The maximum absolute atomic E-state index is 13.0. The first-order chi connectivity index (χ1) is 18.5. The molecule has 2 aromatic rings. The van der Waals surface area contributed by atoms with Gasteiger partial charge in [0, 0.05) is 44.9 Å². The smallest absolute Gasteiger partial charge is 0.252 e. The Bertz CT molecular complexity index is 1120. The van der Waals surface area contributed by atoms with Crippen LogP contribution in [0, 0.1) is 0 Å². The second-order valence-corrected chi connectivity index (χ2v) is 8.56. The summed E-state index contributed by atoms with van der Waals surface area (Å²) in [6, 6.07) is 9.18. The monoisotopic (exact) mass is 526 g/mol. The molecular formula is C27H34N4O7. The second-order valence-electron chi connectivity index (χ2n) is 8.56. The van der Waals surface area contributed by atoms with Gasteiger partial charge in [-0.15, -0.1) is 0 Å². The van der Waals surface area contributed by atoms with Gasteiger partial charge in [0.1, 0.15) is 30.4 Å². The predicted octanol–water partition coefficient (Wildman–Crippen LogP) is 1.79. The summed E-state index contributed by atoms with van der Waals surface area (Å²) < 4.78 is 16.8. The van der Waals surface area contributed by atoms with E-state index in [0.29, 0.717) is 42.1 Å². The van der Waals surface area contributed by atoms with Crippen LogP contribution >= 0.6 is 0 Å². The molecule has 0 bridgehead atoms. The summed E-state index contributed by atoms with van der Waals surface area (Å²) in [4.78, 5) is 50.2. The Balaban J connectivity index is 1.73. The zero-order valence-corrected chi connectivity index (χ0v) is 21.7. The quantitative estimate of drug-likeness (QED) is 0.315. The van der Waals surface area contributed by atoms with Crippen molar-refractivity contribution in [2.75, 3.05) is 58.9 Å². The fourth-order valence-electron chi connectivity index (χ4n) is 4.04. The van der Waals surface area contributed by atoms with E-state index in [1.54, 1.807) is 30.3 Å². The lowest BCUT2D eigenvalue weighted by Crippen LogP contribution is -2.46. The minimum Gasteiger partial charge on any atom is -0.494 e. The molecule has 3 rings (SSSR count). The van der Waals surface area contributed by atoms with Crippen LogP contribution in [-0.4, -0.2) is 88.9 Å². The van der Waals surface area contributed by atoms with Crippen LogP contribution in [0.4, 0.5) is 11.4 Å². The first-order valence-electron chi connectivity index (χ1n) is 12.4. The number of nitrogens with one attached hydrogen (secondary N) is 3. The van der Waals surface area contributed by atoms with Crippen LogP contribution in [-0.2, 0) is 14.3 Å². The highest BCUT2D eigenvalue weighted by Gasteiger charge is 2.23. The highest BCUT2D eigenvalue weighted by Crippen LogP contribution is 2.33. The molecule has 38 heavy (non-hydrogen) atoms. The Labute approximate surface area is 221 Å². The summed E-state index contributed by atoms with van der Waals surface area (Å²) in [7, 11) is 2.97. The highest BCUT2D eigenvalue weighted by molar-refractivity contribution is 6.06. The van der Waals surface area contributed by atoms with Gasteiger partial charge in [-0.3, -0.25) is 19.3 Å². The largest absolute Gasteiger partial charge is 0.494 e. The number of rotatable bonds is 14. The van der Waals surface area contributed by atoms with E-state index in [1.807, 2.05) is 0 Å². The van der Waals surface area contributed by atoms with E-state index in [4.69, 9.17) is 14.2 Å². The minimum atomic E-state index is -0.912. The fraction of sp³-hybridized carbons (Fsp3) is 0.407. The first-order valence-corrected chi connectivity index (χ1v) is 12.4. The van der Waals surface area contributed by atoms with E-state index in [2.05, 4.69) is 20.9 Å². The number of carbonyl (C=O) groups is 4. The number of carbonyl (C=O) groups excluding carboxylic acids is 4. The average Bonchev–Trinajstić information content (AvgIpc) is 2.95. The Morgan fingerprint density at radius 1 is 1.13 bits per heavy atom. The van der Waals surface area contributed by atoms with Crippen molar-refractivity contribution in [1.29, 1.82) is 0 Å². The number of hydrogen-bond acceptors (Lipinski definition) is 9. The van der Waals surface area contributed by atoms with Gasteiger partial charge in [-0.2, -0.15) is 0 Å². The maximum Gasteiger partial charge on any atom is 0.252 e. The van der Waals surface area contributed by atoms with Crippen LogP contribution in [0.3, 0.4) is 0 Å². The number of ether oxygens (including phenoxy) is 3. The van der Waals surface area contributed by atoms with Crippen molar-refractivity contribution in [1.82, 2.24) is 15.5 Å². The Morgan fingerprint density at radius 2 is 1.92 bits per heavy atom. The standard InChI is InChI=1S/C27H34N4O7/c1-28-27(35)24(7-4-13-32)30-26(34)20-5-3-6-22(21(20)18-33)29-23-9-8-19(17-25(23)36-2)38-16-12-31-10-14-37-15-11-31/h3,5-6,8-9,13,17-18,24,29H,4,7,10-12,14-16H2,1-2H3,(H,28,35)(H,30,34). The lowest BCUT2D eigenvalue weighted by atomic mass is 10.0. The van der Waals surface area contributed by atoms with Gasteiger partial charge < -0.3 is 35.0 Å². The minimum absolute atomic E-state index is 0.0899. The van der Waals surface area contributed by atoms with E-state index in [1.165, 1.54) is 20.2 Å². The van der Waals surface area contributed by atoms with Crippen molar-refractivity contribution in [3.05, 3.63) is 47.5 Å². The zero-order chi connectivity index (χ0) is 27.3. The van der Waals surface area contributed by atoms with E-state index in [9.17, 15) is 19.2 Å². The van der Waals surface area contributed by atoms with Gasteiger partial charge in [-0.05, 0) is 30.7 Å². The van der Waals surface area contributed by atoms with Crippen LogP contribution in [0.25, 0.3) is 0 Å². The molecule has 11 nitrogen and oxygen atoms in total. The molecule has 2 amide bonds. The molecule has 2 aromatic carbocycles. The van der Waals surface area contributed by atoms with Crippen molar-refractivity contribution < 1.29 is 33.4 Å². The molecule has 3 N–H and O–H groups in total. The average molecular weight is 527 g/mol. The Kier molecular flexibility index (Phi) is 11.1. The van der Waals surface area contributed by atoms with Crippen molar-refractivity contribution in [2.24, 2.45) is 0 Å². The molecule has 0 aliphatic carbocycles. The van der Waals surface area contributed by atoms with Crippen LogP contribution in [0.1, 0.15) is 33.6 Å². The summed E-state index contributed by atoms with van der Waals surface area (Å²) >= 11 is 0. The molecule has 11 heteroatoms. The number of anilines is 2. The lowest BCUT2D eigenvalue weighted by molar-refractivity contribution is -0.122. The molecule has 1 unspecified atom stereocenters. The Hall–Kier alpha value is -3.96. The molecule has 0 radical (unpaired) electrons. The van der Waals surface area contributed by atoms with Crippen LogP contribution in [0.5, 0.6) is 11.5 Å². The maximum atomic E-state index is 13.0. The lowest BCUT2D eigenvalue weighted by Gasteiger charge is -2.26. The third-order valence-electron chi connectivity index (χ3n) is 6.13. The van der Waals surface area contributed by atoms with Crippen molar-refractivity contribution >= 4 is 35.8 Å². The number of nitrogens with zero attached hydrogens (tertiary/aromatic N) is 1. The molecule has 1 fully saturated rings. The van der Waals surface area contributed by atoms with Gasteiger partial charge in [0.2, 0.25) is 5.91 Å². The van der Waals surface area contributed by atoms with E-state index in [-0.39, 0.29) is 24.0 Å². The first kappa shape index (κ1) is 28.6. The Morgan fingerprint density at radius 3 is 2.61 bits per heavy atom. The van der Waals surface area contributed by atoms with Gasteiger partial charge >= 0.3 is 0 Å². The van der Waals surface area contributed by atoms with Crippen molar-refractivity contribution in [3.8, 4) is 11.5 Å². The van der Waals surface area contributed by atoms with E-state index < -0.39 is 17.9 Å². The molecule has 1 atom stereocenters. The van der Waals surface area contributed by atoms with E-state index >= 15 is 0 Å². The molecule has 0 spiro atoms. The number of aldehydes is 2. The van der Waals surface area contributed by atoms with Crippen LogP contribution in [0.15, 0.2) is 36.4 Å². The number of methoxy groups -OCH3 is 1. The van der Waals surface area contributed by atoms with Crippen LogP contribution in [0.2, 0.25) is 0 Å². The van der Waals surface area contributed by atoms with Crippen LogP contribution < -0.4 is 25.4 Å². The number of hydrogen-bond donors (Lipinski definition) is 3. The van der Waals surface area contributed by atoms with Crippen molar-refractivity contribution in [3.63, 3.8) is 0 Å². The second kappa shape index (κ2) is 14.7. The van der Waals surface area contributed by atoms with E-state index in [0.717, 1.165) is 32.8 Å². The number of amides is 2. The molecule has 1 heterocycles. The third kappa shape index (κ3) is 7.77. The third-order valence-corrected chi connectivity index (χ3v) is 6.13. The predicted molar refractivity (Wildman–Crippen MR) is 141 cm³/mol. The zero-order valence-electron chi connectivity index (χ0n) is 21.7. The molecular weight excluding hydrogens is 492 g/mol. The van der Waals surface area contributed by atoms with Crippen molar-refractivity contribution in [2.45, 2.75) is 18.9 Å². The normalized spacial score (nSPS) is 14.2. The highest BCUT2D eigenvalue weighted by atomic mass is 16.5. The molecule has 1 saturated heterocycles.